The summed E-state index contributed by atoms with van der Waals surface area (Å²) in [5.41, 5.74) is -0.244. The molecule has 0 saturated carbocycles. The van der Waals surface area contributed by atoms with Gasteiger partial charge in [-0.3, -0.25) is 0 Å². The van der Waals surface area contributed by atoms with E-state index in [1.54, 1.807) is 20.8 Å². The molecule has 0 bridgehead atoms. The van der Waals surface area contributed by atoms with Crippen LogP contribution in [0.3, 0.4) is 0 Å². The lowest BCUT2D eigenvalue weighted by atomic mass is 10.2. The number of carbonyl (C=O) groups excluding carboxylic acids is 1. The summed E-state index contributed by atoms with van der Waals surface area (Å²) in [6.45, 7) is 5.37. The maximum absolute atomic E-state index is 13.0. The minimum absolute atomic E-state index is 0.0780. The number of nitrogens with zero attached hydrogens (tertiary/aromatic N) is 1. The SMILES string of the molecule is COc1ncc(F)cc1C#CCNC(=O)OC(C)(C)C. The highest BCUT2D eigenvalue weighted by molar-refractivity contribution is 5.68. The normalized spacial score (nSPS) is 10.2. The van der Waals surface area contributed by atoms with E-state index in [-0.39, 0.29) is 12.4 Å². The van der Waals surface area contributed by atoms with Gasteiger partial charge >= 0.3 is 6.09 Å². The molecule has 0 radical (unpaired) electrons. The summed E-state index contributed by atoms with van der Waals surface area (Å²) in [4.78, 5) is 15.1. The maximum Gasteiger partial charge on any atom is 0.408 e. The topological polar surface area (TPSA) is 60.5 Å². The fourth-order valence-electron chi connectivity index (χ4n) is 1.25. The molecular formula is C14H17FN2O3. The zero-order valence-corrected chi connectivity index (χ0v) is 11.9. The number of nitrogens with one attached hydrogen (secondary N) is 1. The molecule has 0 aliphatic heterocycles. The van der Waals surface area contributed by atoms with Gasteiger partial charge in [0.2, 0.25) is 5.88 Å². The Morgan fingerprint density at radius 3 is 2.80 bits per heavy atom. The summed E-state index contributed by atoms with van der Waals surface area (Å²) in [6, 6.07) is 1.21. The molecule has 0 fully saturated rings. The van der Waals surface area contributed by atoms with Gasteiger partial charge in [0.05, 0.1) is 25.4 Å². The lowest BCUT2D eigenvalue weighted by Gasteiger charge is -2.19. The molecule has 0 atom stereocenters. The van der Waals surface area contributed by atoms with Gasteiger partial charge in [-0.25, -0.2) is 14.2 Å². The van der Waals surface area contributed by atoms with E-state index in [0.29, 0.717) is 5.56 Å². The average molecular weight is 280 g/mol. The first-order chi connectivity index (χ1) is 9.31. The summed E-state index contributed by atoms with van der Waals surface area (Å²) in [7, 11) is 1.42. The van der Waals surface area contributed by atoms with Crippen LogP contribution in [0.25, 0.3) is 0 Å². The second-order valence-corrected chi connectivity index (χ2v) is 4.87. The number of aromatic nitrogens is 1. The van der Waals surface area contributed by atoms with E-state index in [1.165, 1.54) is 13.2 Å². The summed E-state index contributed by atoms with van der Waals surface area (Å²) in [5, 5.41) is 2.47. The summed E-state index contributed by atoms with van der Waals surface area (Å²) < 4.78 is 23.0. The van der Waals surface area contributed by atoms with Crippen LogP contribution in [0.15, 0.2) is 12.3 Å². The van der Waals surface area contributed by atoms with Gasteiger partial charge in [-0.2, -0.15) is 0 Å². The minimum atomic E-state index is -0.562. The second kappa shape index (κ2) is 6.75. The fourth-order valence-corrected chi connectivity index (χ4v) is 1.25. The van der Waals surface area contributed by atoms with Crippen LogP contribution in [0.2, 0.25) is 0 Å². The summed E-state index contributed by atoms with van der Waals surface area (Å²) in [6.07, 6.45) is 0.485. The van der Waals surface area contributed by atoms with Gasteiger partial charge in [0, 0.05) is 0 Å². The van der Waals surface area contributed by atoms with Crippen molar-refractivity contribution in [3.8, 4) is 17.7 Å². The van der Waals surface area contributed by atoms with Crippen molar-refractivity contribution in [2.24, 2.45) is 0 Å². The highest BCUT2D eigenvalue weighted by Crippen LogP contribution is 2.13. The first-order valence-corrected chi connectivity index (χ1v) is 5.97. The lowest BCUT2D eigenvalue weighted by Crippen LogP contribution is -2.32. The van der Waals surface area contributed by atoms with Crippen LogP contribution in [-0.4, -0.2) is 30.3 Å². The van der Waals surface area contributed by atoms with E-state index in [1.807, 2.05) is 0 Å². The third-order valence-corrected chi connectivity index (χ3v) is 1.95. The smallest absolute Gasteiger partial charge is 0.408 e. The van der Waals surface area contributed by atoms with Gasteiger partial charge in [0.25, 0.3) is 0 Å². The molecule has 0 aromatic carbocycles. The number of halogens is 1. The van der Waals surface area contributed by atoms with E-state index in [9.17, 15) is 9.18 Å². The largest absolute Gasteiger partial charge is 0.480 e. The Hall–Kier alpha value is -2.29. The molecule has 0 spiro atoms. The van der Waals surface area contributed by atoms with Gasteiger partial charge in [-0.1, -0.05) is 11.8 Å². The Labute approximate surface area is 117 Å². The number of methoxy groups -OCH3 is 1. The van der Waals surface area contributed by atoms with Gasteiger partial charge in [-0.15, -0.1) is 0 Å². The molecule has 0 unspecified atom stereocenters. The first kappa shape index (κ1) is 15.8. The van der Waals surface area contributed by atoms with Crippen LogP contribution < -0.4 is 10.1 Å². The maximum atomic E-state index is 13.0. The van der Waals surface area contributed by atoms with Crippen molar-refractivity contribution in [1.29, 1.82) is 0 Å². The van der Waals surface area contributed by atoms with Crippen LogP contribution in [0.5, 0.6) is 5.88 Å². The molecule has 1 aromatic rings. The van der Waals surface area contributed by atoms with Crippen molar-refractivity contribution >= 4 is 6.09 Å². The van der Waals surface area contributed by atoms with E-state index in [2.05, 4.69) is 22.1 Å². The standard InChI is InChI=1S/C14H17FN2O3/c1-14(2,3)20-13(18)16-7-5-6-10-8-11(15)9-17-12(10)19-4/h8-9H,7H2,1-4H3,(H,16,18). The number of hydrogen-bond acceptors (Lipinski definition) is 4. The van der Waals surface area contributed by atoms with Gasteiger partial charge in [-0.05, 0) is 26.8 Å². The fraction of sp³-hybridized carbons (Fsp3) is 0.429. The highest BCUT2D eigenvalue weighted by Gasteiger charge is 2.15. The average Bonchev–Trinajstić information content (AvgIpc) is 2.33. The molecule has 1 heterocycles. The van der Waals surface area contributed by atoms with Crippen LogP contribution >= 0.6 is 0 Å². The second-order valence-electron chi connectivity index (χ2n) is 4.87. The highest BCUT2D eigenvalue weighted by atomic mass is 19.1. The van der Waals surface area contributed by atoms with Crippen LogP contribution in [0.4, 0.5) is 9.18 Å². The van der Waals surface area contributed by atoms with Crippen LogP contribution in [0, 0.1) is 17.7 Å². The van der Waals surface area contributed by atoms with E-state index in [4.69, 9.17) is 9.47 Å². The Kier molecular flexibility index (Phi) is 5.32. The third-order valence-electron chi connectivity index (χ3n) is 1.95. The quantitative estimate of drug-likeness (QED) is 0.843. The van der Waals surface area contributed by atoms with Crippen LogP contribution in [-0.2, 0) is 4.74 Å². The lowest BCUT2D eigenvalue weighted by molar-refractivity contribution is 0.0535. The molecule has 1 rings (SSSR count). The number of amides is 1. The van der Waals surface area contributed by atoms with Crippen molar-refractivity contribution in [3.63, 3.8) is 0 Å². The molecule has 5 nitrogen and oxygen atoms in total. The van der Waals surface area contributed by atoms with Crippen molar-refractivity contribution in [2.45, 2.75) is 26.4 Å². The molecule has 20 heavy (non-hydrogen) atoms. The predicted octanol–water partition coefficient (Wildman–Crippen LogP) is 2.11. The molecule has 0 saturated heterocycles. The molecule has 1 N–H and O–H groups in total. The number of hydrogen-bond donors (Lipinski definition) is 1. The van der Waals surface area contributed by atoms with Crippen molar-refractivity contribution < 1.29 is 18.7 Å². The van der Waals surface area contributed by atoms with Crippen molar-refractivity contribution in [3.05, 3.63) is 23.6 Å². The van der Waals surface area contributed by atoms with Crippen molar-refractivity contribution in [1.82, 2.24) is 10.3 Å². The predicted molar refractivity (Wildman–Crippen MR) is 71.9 cm³/mol. The van der Waals surface area contributed by atoms with E-state index in [0.717, 1.165) is 6.20 Å². The van der Waals surface area contributed by atoms with Gasteiger partial charge in [0.15, 0.2) is 0 Å². The van der Waals surface area contributed by atoms with Gasteiger partial charge < -0.3 is 14.8 Å². The Balaban J connectivity index is 2.59. The summed E-state index contributed by atoms with van der Waals surface area (Å²) in [5.74, 6) is 5.08. The zero-order valence-electron chi connectivity index (χ0n) is 11.9. The molecule has 0 aliphatic rings. The molecular weight excluding hydrogens is 263 g/mol. The monoisotopic (exact) mass is 280 g/mol. The Morgan fingerprint density at radius 2 is 2.20 bits per heavy atom. The Morgan fingerprint density at radius 1 is 1.50 bits per heavy atom. The third kappa shape index (κ3) is 5.57. The number of alkyl carbamates (subject to hydrolysis) is 1. The van der Waals surface area contributed by atoms with E-state index >= 15 is 0 Å². The zero-order chi connectivity index (χ0) is 15.2. The summed E-state index contributed by atoms with van der Waals surface area (Å²) >= 11 is 0. The molecule has 6 heteroatoms. The first-order valence-electron chi connectivity index (χ1n) is 5.97. The number of ether oxygens (including phenoxy) is 2. The molecule has 1 aromatic heterocycles. The molecule has 1 amide bonds. The Bertz CT molecular complexity index is 542. The number of pyridine rings is 1. The van der Waals surface area contributed by atoms with Gasteiger partial charge in [0.1, 0.15) is 11.4 Å². The van der Waals surface area contributed by atoms with Crippen molar-refractivity contribution in [2.75, 3.05) is 13.7 Å². The molecule has 108 valence electrons. The number of rotatable bonds is 2. The van der Waals surface area contributed by atoms with E-state index < -0.39 is 17.5 Å². The number of carbonyl (C=O) groups is 1. The minimum Gasteiger partial charge on any atom is -0.480 e. The van der Waals surface area contributed by atoms with Crippen LogP contribution in [0.1, 0.15) is 26.3 Å². The molecule has 0 aliphatic carbocycles.